The summed E-state index contributed by atoms with van der Waals surface area (Å²) in [7, 11) is 2.08. The minimum atomic E-state index is -0.396. The van der Waals surface area contributed by atoms with Crippen LogP contribution in [0.25, 0.3) is 0 Å². The van der Waals surface area contributed by atoms with E-state index in [9.17, 15) is 10.1 Å². The molecule has 1 aliphatic carbocycles. The van der Waals surface area contributed by atoms with Gasteiger partial charge in [0.1, 0.15) is 0 Å². The highest BCUT2D eigenvalue weighted by Crippen LogP contribution is 2.25. The van der Waals surface area contributed by atoms with Crippen LogP contribution in [0, 0.1) is 17.0 Å². The summed E-state index contributed by atoms with van der Waals surface area (Å²) in [6, 6.07) is 2.24. The van der Waals surface area contributed by atoms with Crippen molar-refractivity contribution in [2.75, 3.05) is 25.5 Å². The summed E-state index contributed by atoms with van der Waals surface area (Å²) in [5, 5.41) is 13.9. The number of aryl methyl sites for hydroxylation is 1. The zero-order chi connectivity index (χ0) is 13.1. The monoisotopic (exact) mass is 250 g/mol. The zero-order valence-corrected chi connectivity index (χ0v) is 10.7. The number of aromatic nitrogens is 1. The molecule has 0 atom stereocenters. The number of rotatable bonds is 6. The topological polar surface area (TPSA) is 71.3 Å². The normalized spacial score (nSPS) is 14.8. The van der Waals surface area contributed by atoms with Crippen LogP contribution in [0.1, 0.15) is 18.4 Å². The minimum absolute atomic E-state index is 0.0454. The fraction of sp³-hybridized carbons (Fsp3) is 0.583. The van der Waals surface area contributed by atoms with Crippen LogP contribution in [0.3, 0.4) is 0 Å². The van der Waals surface area contributed by atoms with Gasteiger partial charge in [-0.1, -0.05) is 0 Å². The van der Waals surface area contributed by atoms with E-state index < -0.39 is 4.92 Å². The molecule has 0 amide bonds. The predicted octanol–water partition coefficient (Wildman–Crippen LogP) is 1.80. The third-order valence-corrected chi connectivity index (χ3v) is 3.13. The van der Waals surface area contributed by atoms with E-state index in [0.717, 1.165) is 12.1 Å². The maximum absolute atomic E-state index is 10.9. The molecule has 1 N–H and O–H groups in total. The molecular weight excluding hydrogens is 232 g/mol. The van der Waals surface area contributed by atoms with Gasteiger partial charge in [0.05, 0.1) is 4.92 Å². The van der Waals surface area contributed by atoms with Crippen LogP contribution in [-0.2, 0) is 0 Å². The van der Waals surface area contributed by atoms with Crippen molar-refractivity contribution in [3.63, 3.8) is 0 Å². The third-order valence-electron chi connectivity index (χ3n) is 3.13. The lowest BCUT2D eigenvalue weighted by molar-refractivity contribution is -0.384. The Kier molecular flexibility index (Phi) is 3.76. The molecule has 6 nitrogen and oxygen atoms in total. The lowest BCUT2D eigenvalue weighted by atomic mass is 10.3. The molecule has 1 fully saturated rings. The first-order valence-electron chi connectivity index (χ1n) is 6.13. The Labute approximate surface area is 106 Å². The molecule has 0 aliphatic heterocycles. The Morgan fingerprint density at radius 3 is 2.94 bits per heavy atom. The summed E-state index contributed by atoms with van der Waals surface area (Å²) in [5.74, 6) is 0.356. The van der Waals surface area contributed by atoms with Crippen molar-refractivity contribution < 1.29 is 4.92 Å². The zero-order valence-electron chi connectivity index (χ0n) is 10.7. The van der Waals surface area contributed by atoms with Crippen LogP contribution < -0.4 is 5.32 Å². The van der Waals surface area contributed by atoms with Crippen LogP contribution in [0.4, 0.5) is 11.5 Å². The number of nitrogens with one attached hydrogen (secondary N) is 1. The number of likely N-dealkylation sites (N-methyl/N-ethyl adjacent to an activating group) is 1. The second-order valence-electron chi connectivity index (χ2n) is 4.78. The Bertz CT molecular complexity index is 446. The number of pyridine rings is 1. The maximum Gasteiger partial charge on any atom is 0.311 e. The predicted molar refractivity (Wildman–Crippen MR) is 69.8 cm³/mol. The molecule has 1 aromatic rings. The van der Waals surface area contributed by atoms with Gasteiger partial charge >= 0.3 is 5.69 Å². The Morgan fingerprint density at radius 1 is 1.61 bits per heavy atom. The van der Waals surface area contributed by atoms with Gasteiger partial charge in [-0.25, -0.2) is 4.98 Å². The van der Waals surface area contributed by atoms with Gasteiger partial charge in [0.2, 0.25) is 5.82 Å². The molecule has 0 saturated heterocycles. The molecule has 2 rings (SSSR count). The molecule has 0 radical (unpaired) electrons. The summed E-state index contributed by atoms with van der Waals surface area (Å²) in [6.07, 6.45) is 4.17. The van der Waals surface area contributed by atoms with Crippen LogP contribution >= 0.6 is 0 Å². The summed E-state index contributed by atoms with van der Waals surface area (Å²) in [6.45, 7) is 3.34. The average molecular weight is 250 g/mol. The van der Waals surface area contributed by atoms with Crippen molar-refractivity contribution >= 4 is 11.5 Å². The van der Waals surface area contributed by atoms with Gasteiger partial charge in [0.15, 0.2) is 0 Å². The molecule has 1 saturated carbocycles. The minimum Gasteiger partial charge on any atom is -0.363 e. The van der Waals surface area contributed by atoms with E-state index in [1.165, 1.54) is 12.8 Å². The van der Waals surface area contributed by atoms with Crippen LogP contribution in [0.5, 0.6) is 0 Å². The van der Waals surface area contributed by atoms with E-state index in [2.05, 4.69) is 22.2 Å². The highest BCUT2D eigenvalue weighted by molar-refractivity contribution is 5.56. The van der Waals surface area contributed by atoms with Crippen molar-refractivity contribution in [2.45, 2.75) is 25.8 Å². The smallest absolute Gasteiger partial charge is 0.311 e. The summed E-state index contributed by atoms with van der Waals surface area (Å²) in [4.78, 5) is 16.9. The number of hydrogen-bond donors (Lipinski definition) is 1. The summed E-state index contributed by atoms with van der Waals surface area (Å²) in [5.41, 5.74) is 0.839. The molecule has 0 unspecified atom stereocenters. The molecule has 18 heavy (non-hydrogen) atoms. The summed E-state index contributed by atoms with van der Waals surface area (Å²) >= 11 is 0. The van der Waals surface area contributed by atoms with Crippen molar-refractivity contribution in [1.29, 1.82) is 0 Å². The highest BCUT2D eigenvalue weighted by Gasteiger charge is 2.25. The lowest BCUT2D eigenvalue weighted by Gasteiger charge is -2.15. The highest BCUT2D eigenvalue weighted by atomic mass is 16.6. The van der Waals surface area contributed by atoms with Crippen LogP contribution in [0.15, 0.2) is 12.3 Å². The fourth-order valence-electron chi connectivity index (χ4n) is 1.88. The van der Waals surface area contributed by atoms with Gasteiger partial charge in [0, 0.05) is 31.4 Å². The Morgan fingerprint density at radius 2 is 2.33 bits per heavy atom. The van der Waals surface area contributed by atoms with Crippen molar-refractivity contribution in [3.8, 4) is 0 Å². The van der Waals surface area contributed by atoms with Gasteiger partial charge in [-0.3, -0.25) is 10.1 Å². The van der Waals surface area contributed by atoms with Crippen LogP contribution in [0.2, 0.25) is 0 Å². The largest absolute Gasteiger partial charge is 0.363 e. The van der Waals surface area contributed by atoms with Crippen molar-refractivity contribution in [3.05, 3.63) is 27.9 Å². The number of anilines is 1. The van der Waals surface area contributed by atoms with E-state index in [1.807, 2.05) is 0 Å². The Balaban J connectivity index is 1.93. The average Bonchev–Trinajstić information content (AvgIpc) is 3.14. The van der Waals surface area contributed by atoms with E-state index in [1.54, 1.807) is 19.2 Å². The molecular formula is C12H18N4O2. The number of hydrogen-bond acceptors (Lipinski definition) is 5. The molecule has 1 aliphatic rings. The number of nitro groups is 1. The standard InChI is InChI=1S/C12H18N4O2/c1-9-7-11(16(17)18)12(14-8-9)13-5-6-15(2)10-3-4-10/h7-8,10H,3-6H2,1-2H3,(H,13,14). The third kappa shape index (κ3) is 3.16. The molecule has 98 valence electrons. The van der Waals surface area contributed by atoms with Gasteiger partial charge in [0.25, 0.3) is 0 Å². The second-order valence-corrected chi connectivity index (χ2v) is 4.78. The van der Waals surface area contributed by atoms with Gasteiger partial charge in [-0.05, 0) is 32.4 Å². The van der Waals surface area contributed by atoms with Crippen LogP contribution in [-0.4, -0.2) is 41.0 Å². The van der Waals surface area contributed by atoms with E-state index in [-0.39, 0.29) is 5.69 Å². The first kappa shape index (κ1) is 12.8. The van der Waals surface area contributed by atoms with Gasteiger partial charge in [-0.15, -0.1) is 0 Å². The molecule has 0 spiro atoms. The van der Waals surface area contributed by atoms with Crippen molar-refractivity contribution in [1.82, 2.24) is 9.88 Å². The van der Waals surface area contributed by atoms with E-state index in [4.69, 9.17) is 0 Å². The first-order chi connectivity index (χ1) is 8.58. The second kappa shape index (κ2) is 5.30. The molecule has 0 aromatic carbocycles. The number of nitrogens with zero attached hydrogens (tertiary/aromatic N) is 3. The molecule has 6 heteroatoms. The quantitative estimate of drug-likeness (QED) is 0.615. The van der Waals surface area contributed by atoms with Gasteiger partial charge in [-0.2, -0.15) is 0 Å². The SMILES string of the molecule is Cc1cnc(NCCN(C)C2CC2)c([N+](=O)[O-])c1. The van der Waals surface area contributed by atoms with Crippen molar-refractivity contribution in [2.24, 2.45) is 0 Å². The van der Waals surface area contributed by atoms with E-state index >= 15 is 0 Å². The molecule has 1 heterocycles. The van der Waals surface area contributed by atoms with Gasteiger partial charge < -0.3 is 10.2 Å². The first-order valence-corrected chi connectivity index (χ1v) is 6.13. The maximum atomic E-state index is 10.9. The molecule has 0 bridgehead atoms. The Hall–Kier alpha value is -1.69. The summed E-state index contributed by atoms with van der Waals surface area (Å²) < 4.78 is 0. The van der Waals surface area contributed by atoms with E-state index in [0.29, 0.717) is 18.4 Å². The molecule has 1 aromatic heterocycles. The lowest BCUT2D eigenvalue weighted by Crippen LogP contribution is -2.27. The fourth-order valence-corrected chi connectivity index (χ4v) is 1.88.